The number of aryl methyl sites for hydroxylation is 1. The van der Waals surface area contributed by atoms with Gasteiger partial charge in [0.15, 0.2) is 0 Å². The highest BCUT2D eigenvalue weighted by atomic mass is 35.5. The van der Waals surface area contributed by atoms with Crippen molar-refractivity contribution in [2.24, 2.45) is 7.05 Å². The molecule has 0 aromatic carbocycles. The van der Waals surface area contributed by atoms with Crippen molar-refractivity contribution in [2.75, 3.05) is 0 Å². The normalized spacial score (nSPS) is 16.8. The van der Waals surface area contributed by atoms with Gasteiger partial charge in [-0.1, -0.05) is 11.6 Å². The summed E-state index contributed by atoms with van der Waals surface area (Å²) in [6.45, 7) is 0.796. The van der Waals surface area contributed by atoms with Crippen LogP contribution in [0.25, 0.3) is 0 Å². The lowest BCUT2D eigenvalue weighted by molar-refractivity contribution is 0.652. The fourth-order valence-corrected chi connectivity index (χ4v) is 1.40. The Labute approximate surface area is 76.7 Å². The quantitative estimate of drug-likeness (QED) is 0.770. The van der Waals surface area contributed by atoms with E-state index in [9.17, 15) is 0 Å². The van der Waals surface area contributed by atoms with Crippen LogP contribution in [0.15, 0.2) is 6.20 Å². The molecule has 1 N–H and O–H groups in total. The maximum atomic E-state index is 5.93. The van der Waals surface area contributed by atoms with Gasteiger partial charge in [0, 0.05) is 25.8 Å². The molecule has 1 saturated carbocycles. The van der Waals surface area contributed by atoms with E-state index in [-0.39, 0.29) is 0 Å². The molecular weight excluding hydrogens is 174 g/mol. The van der Waals surface area contributed by atoms with Gasteiger partial charge in [0.1, 0.15) is 0 Å². The fourth-order valence-electron chi connectivity index (χ4n) is 1.15. The van der Waals surface area contributed by atoms with Crippen molar-refractivity contribution < 1.29 is 0 Å². The van der Waals surface area contributed by atoms with Crippen LogP contribution in [0, 0.1) is 0 Å². The summed E-state index contributed by atoms with van der Waals surface area (Å²) in [5.74, 6) is 0. The topological polar surface area (TPSA) is 29.9 Å². The minimum atomic E-state index is 0.711. The van der Waals surface area contributed by atoms with Crippen LogP contribution >= 0.6 is 11.6 Å². The molecule has 1 aromatic heterocycles. The Morgan fingerprint density at radius 2 is 2.50 bits per heavy atom. The van der Waals surface area contributed by atoms with Gasteiger partial charge in [0.05, 0.1) is 10.7 Å². The zero-order valence-corrected chi connectivity index (χ0v) is 7.80. The predicted octanol–water partition coefficient (Wildman–Crippen LogP) is 1.33. The van der Waals surface area contributed by atoms with E-state index < -0.39 is 0 Å². The number of hydrogen-bond acceptors (Lipinski definition) is 2. The highest BCUT2D eigenvalue weighted by Gasteiger charge is 2.20. The molecule has 3 nitrogen and oxygen atoms in total. The molecule has 0 radical (unpaired) electrons. The van der Waals surface area contributed by atoms with Gasteiger partial charge in [0.25, 0.3) is 0 Å². The van der Waals surface area contributed by atoms with Crippen LogP contribution in [0.5, 0.6) is 0 Å². The van der Waals surface area contributed by atoms with Crippen LogP contribution in [0.3, 0.4) is 0 Å². The Morgan fingerprint density at radius 3 is 3.00 bits per heavy atom. The lowest BCUT2D eigenvalue weighted by Gasteiger charge is -1.98. The van der Waals surface area contributed by atoms with Crippen LogP contribution in [-0.2, 0) is 13.6 Å². The summed E-state index contributed by atoms with van der Waals surface area (Å²) < 4.78 is 1.74. The van der Waals surface area contributed by atoms with Crippen molar-refractivity contribution >= 4 is 11.6 Å². The Balaban J connectivity index is 1.96. The van der Waals surface area contributed by atoms with Gasteiger partial charge in [0.2, 0.25) is 0 Å². The lowest BCUT2D eigenvalue weighted by atomic mass is 10.4. The Morgan fingerprint density at radius 1 is 1.75 bits per heavy atom. The van der Waals surface area contributed by atoms with E-state index in [2.05, 4.69) is 10.4 Å². The molecule has 1 aliphatic carbocycles. The third kappa shape index (κ3) is 1.79. The highest BCUT2D eigenvalue weighted by molar-refractivity contribution is 6.31. The van der Waals surface area contributed by atoms with Gasteiger partial charge in [-0.25, -0.2) is 0 Å². The Kier molecular flexibility index (Phi) is 2.07. The number of nitrogens with zero attached hydrogens (tertiary/aromatic N) is 2. The van der Waals surface area contributed by atoms with Crippen LogP contribution in [0.1, 0.15) is 18.5 Å². The van der Waals surface area contributed by atoms with E-state index in [1.165, 1.54) is 12.8 Å². The fraction of sp³-hybridized carbons (Fsp3) is 0.625. The maximum Gasteiger partial charge on any atom is 0.0948 e. The minimum Gasteiger partial charge on any atom is -0.308 e. The Hall–Kier alpha value is -0.540. The first kappa shape index (κ1) is 8.08. The zero-order chi connectivity index (χ0) is 8.55. The van der Waals surface area contributed by atoms with Gasteiger partial charge in [-0.3, -0.25) is 4.68 Å². The average Bonchev–Trinajstić information content (AvgIpc) is 2.76. The van der Waals surface area contributed by atoms with E-state index in [0.717, 1.165) is 17.3 Å². The second-order valence-corrected chi connectivity index (χ2v) is 3.66. The average molecular weight is 186 g/mol. The molecule has 0 bridgehead atoms. The van der Waals surface area contributed by atoms with Crippen molar-refractivity contribution in [3.63, 3.8) is 0 Å². The molecule has 4 heteroatoms. The van der Waals surface area contributed by atoms with E-state index in [1.54, 1.807) is 4.68 Å². The maximum absolute atomic E-state index is 5.93. The molecule has 1 aliphatic rings. The smallest absolute Gasteiger partial charge is 0.0948 e. The van der Waals surface area contributed by atoms with Gasteiger partial charge in [-0.05, 0) is 12.8 Å². The monoisotopic (exact) mass is 185 g/mol. The van der Waals surface area contributed by atoms with Crippen molar-refractivity contribution in [2.45, 2.75) is 25.4 Å². The van der Waals surface area contributed by atoms with Gasteiger partial charge in [-0.15, -0.1) is 0 Å². The SMILES string of the molecule is Cn1cc(Cl)c(CNC2CC2)n1. The van der Waals surface area contributed by atoms with Crippen LogP contribution in [-0.4, -0.2) is 15.8 Å². The molecular formula is C8H12ClN3. The van der Waals surface area contributed by atoms with Crippen LogP contribution < -0.4 is 5.32 Å². The van der Waals surface area contributed by atoms with E-state index >= 15 is 0 Å². The summed E-state index contributed by atoms with van der Waals surface area (Å²) >= 11 is 5.93. The molecule has 0 unspecified atom stereocenters. The minimum absolute atomic E-state index is 0.711. The second kappa shape index (κ2) is 3.07. The Bertz CT molecular complexity index is 278. The van der Waals surface area contributed by atoms with Crippen LogP contribution in [0.4, 0.5) is 0 Å². The first-order valence-corrected chi connectivity index (χ1v) is 4.55. The third-order valence-electron chi connectivity index (χ3n) is 1.99. The molecule has 1 heterocycles. The number of aromatic nitrogens is 2. The standard InChI is InChI=1S/C8H12ClN3/c1-12-5-7(9)8(11-12)4-10-6-2-3-6/h5-6,10H,2-4H2,1H3. The predicted molar refractivity (Wildman–Crippen MR) is 48.1 cm³/mol. The molecule has 66 valence electrons. The second-order valence-electron chi connectivity index (χ2n) is 3.25. The van der Waals surface area contributed by atoms with Gasteiger partial charge in [-0.2, -0.15) is 5.10 Å². The summed E-state index contributed by atoms with van der Waals surface area (Å²) in [7, 11) is 1.88. The first-order valence-electron chi connectivity index (χ1n) is 4.17. The number of nitrogens with one attached hydrogen (secondary N) is 1. The first-order chi connectivity index (χ1) is 5.75. The van der Waals surface area contributed by atoms with Gasteiger partial charge < -0.3 is 5.32 Å². The summed E-state index contributed by atoms with van der Waals surface area (Å²) in [5, 5.41) is 8.35. The molecule has 12 heavy (non-hydrogen) atoms. The molecule has 0 amide bonds. The van der Waals surface area contributed by atoms with E-state index in [1.807, 2.05) is 13.2 Å². The van der Waals surface area contributed by atoms with Crippen molar-refractivity contribution in [1.82, 2.24) is 15.1 Å². The van der Waals surface area contributed by atoms with Crippen molar-refractivity contribution in [3.05, 3.63) is 16.9 Å². The molecule has 2 rings (SSSR count). The van der Waals surface area contributed by atoms with Crippen molar-refractivity contribution in [3.8, 4) is 0 Å². The zero-order valence-electron chi connectivity index (χ0n) is 7.05. The molecule has 0 atom stereocenters. The highest BCUT2D eigenvalue weighted by Crippen LogP contribution is 2.20. The number of rotatable bonds is 3. The summed E-state index contributed by atoms with van der Waals surface area (Å²) in [6.07, 6.45) is 4.42. The van der Waals surface area contributed by atoms with Crippen LogP contribution in [0.2, 0.25) is 5.02 Å². The largest absolute Gasteiger partial charge is 0.308 e. The summed E-state index contributed by atoms with van der Waals surface area (Å²) in [4.78, 5) is 0. The van der Waals surface area contributed by atoms with Gasteiger partial charge >= 0.3 is 0 Å². The third-order valence-corrected chi connectivity index (χ3v) is 2.31. The molecule has 0 aliphatic heterocycles. The summed E-state index contributed by atoms with van der Waals surface area (Å²) in [5.41, 5.74) is 0.950. The summed E-state index contributed by atoms with van der Waals surface area (Å²) in [6, 6.07) is 0.711. The lowest BCUT2D eigenvalue weighted by Crippen LogP contribution is -2.16. The molecule has 1 fully saturated rings. The van der Waals surface area contributed by atoms with Crippen molar-refractivity contribution in [1.29, 1.82) is 0 Å². The number of hydrogen-bond donors (Lipinski definition) is 1. The molecule has 0 spiro atoms. The molecule has 1 aromatic rings. The van der Waals surface area contributed by atoms with E-state index in [4.69, 9.17) is 11.6 Å². The molecule has 0 saturated heterocycles. The number of halogens is 1. The van der Waals surface area contributed by atoms with E-state index in [0.29, 0.717) is 6.04 Å².